The fourth-order valence-electron chi connectivity index (χ4n) is 7.31. The highest BCUT2D eigenvalue weighted by Gasteiger charge is 2.58. The Labute approximate surface area is 135 Å². The van der Waals surface area contributed by atoms with E-state index in [1.54, 1.807) is 0 Å². The zero-order valence-corrected chi connectivity index (χ0v) is 14.3. The van der Waals surface area contributed by atoms with Gasteiger partial charge in [-0.05, 0) is 81.5 Å². The summed E-state index contributed by atoms with van der Waals surface area (Å²) in [6, 6.07) is 0. The van der Waals surface area contributed by atoms with Crippen LogP contribution in [0.25, 0.3) is 0 Å². The van der Waals surface area contributed by atoms with Crippen LogP contribution in [0.1, 0.15) is 71.6 Å². The number of aliphatic hydroxyl groups is 2. The first-order valence-corrected chi connectivity index (χ1v) is 9.48. The fourth-order valence-corrected chi connectivity index (χ4v) is 7.31. The molecule has 2 nitrogen and oxygen atoms in total. The maximum Gasteiger partial charge on any atom is 0.0586 e. The summed E-state index contributed by atoms with van der Waals surface area (Å²) in [4.78, 5) is 0. The molecule has 3 fully saturated rings. The standard InChI is InChI=1S/C20H32O2/c1-13-10-14(22)11-20(12-21)16(13)6-5-15-17-4-3-8-19(17,2)9-7-18(15)20/h14-15,17-18,21-22H,3-12H2,1-2H3/t14?,15-,17-,18+,19-,20+/m0/s1. The molecule has 1 unspecified atom stereocenters. The topological polar surface area (TPSA) is 40.5 Å². The quantitative estimate of drug-likeness (QED) is 0.717. The van der Waals surface area contributed by atoms with Gasteiger partial charge in [0.2, 0.25) is 0 Å². The smallest absolute Gasteiger partial charge is 0.0586 e. The second-order valence-corrected chi connectivity index (χ2v) is 9.14. The molecule has 4 aliphatic carbocycles. The Kier molecular flexibility index (Phi) is 3.51. The molecule has 0 aromatic carbocycles. The normalized spacial score (nSPS) is 51.3. The van der Waals surface area contributed by atoms with Gasteiger partial charge in [0.25, 0.3) is 0 Å². The molecule has 0 spiro atoms. The van der Waals surface area contributed by atoms with E-state index < -0.39 is 0 Å². The molecule has 2 heteroatoms. The third-order valence-corrected chi connectivity index (χ3v) is 8.20. The van der Waals surface area contributed by atoms with Crippen LogP contribution in [-0.4, -0.2) is 22.9 Å². The molecular weight excluding hydrogens is 272 g/mol. The van der Waals surface area contributed by atoms with Crippen LogP contribution < -0.4 is 0 Å². The summed E-state index contributed by atoms with van der Waals surface area (Å²) in [7, 11) is 0. The van der Waals surface area contributed by atoms with Crippen LogP contribution in [0.2, 0.25) is 0 Å². The van der Waals surface area contributed by atoms with Crippen molar-refractivity contribution in [3.63, 3.8) is 0 Å². The van der Waals surface area contributed by atoms with Crippen molar-refractivity contribution in [2.24, 2.45) is 28.6 Å². The third-order valence-electron chi connectivity index (χ3n) is 8.20. The SMILES string of the molecule is CC1=C2CC[C@@H]3[C@@H](CC[C@]4(C)CCC[C@@H]34)[C@@]2(CO)CC(O)C1. The molecule has 0 amide bonds. The minimum atomic E-state index is -0.244. The van der Waals surface area contributed by atoms with E-state index in [1.165, 1.54) is 56.1 Å². The number of aliphatic hydroxyl groups excluding tert-OH is 2. The first-order chi connectivity index (χ1) is 10.5. The summed E-state index contributed by atoms with van der Waals surface area (Å²) in [5.74, 6) is 2.27. The zero-order valence-electron chi connectivity index (χ0n) is 14.3. The molecular formula is C20H32O2. The van der Waals surface area contributed by atoms with Crippen molar-refractivity contribution in [1.82, 2.24) is 0 Å². The van der Waals surface area contributed by atoms with E-state index in [0.717, 1.165) is 24.7 Å². The van der Waals surface area contributed by atoms with Crippen molar-refractivity contribution in [3.8, 4) is 0 Å². The second kappa shape index (κ2) is 5.08. The first-order valence-electron chi connectivity index (χ1n) is 9.48. The highest BCUT2D eigenvalue weighted by atomic mass is 16.3. The van der Waals surface area contributed by atoms with Gasteiger partial charge in [-0.25, -0.2) is 0 Å². The molecule has 4 aliphatic rings. The van der Waals surface area contributed by atoms with Crippen LogP contribution in [0.3, 0.4) is 0 Å². The minimum absolute atomic E-state index is 0.0887. The number of fused-ring (bicyclic) bond motifs is 5. The van der Waals surface area contributed by atoms with Gasteiger partial charge in [-0.2, -0.15) is 0 Å². The average molecular weight is 304 g/mol. The Morgan fingerprint density at radius 2 is 1.95 bits per heavy atom. The minimum Gasteiger partial charge on any atom is -0.395 e. The summed E-state index contributed by atoms with van der Waals surface area (Å²) >= 11 is 0. The molecule has 0 saturated heterocycles. The van der Waals surface area contributed by atoms with Crippen molar-refractivity contribution < 1.29 is 10.2 Å². The molecule has 0 aromatic heterocycles. The third kappa shape index (κ3) is 1.92. The van der Waals surface area contributed by atoms with Gasteiger partial charge in [0.05, 0.1) is 12.7 Å². The van der Waals surface area contributed by atoms with Gasteiger partial charge < -0.3 is 10.2 Å². The molecule has 0 radical (unpaired) electrons. The van der Waals surface area contributed by atoms with Crippen LogP contribution in [0, 0.1) is 28.6 Å². The van der Waals surface area contributed by atoms with Crippen LogP contribution >= 0.6 is 0 Å². The lowest BCUT2D eigenvalue weighted by Crippen LogP contribution is -2.53. The van der Waals surface area contributed by atoms with Gasteiger partial charge >= 0.3 is 0 Å². The molecule has 0 bridgehead atoms. The second-order valence-electron chi connectivity index (χ2n) is 9.14. The van der Waals surface area contributed by atoms with Gasteiger partial charge in [-0.1, -0.05) is 24.5 Å². The number of hydrogen-bond acceptors (Lipinski definition) is 2. The summed E-state index contributed by atoms with van der Waals surface area (Å²) in [6.07, 6.45) is 10.7. The summed E-state index contributed by atoms with van der Waals surface area (Å²) < 4.78 is 0. The van der Waals surface area contributed by atoms with Crippen molar-refractivity contribution in [3.05, 3.63) is 11.1 Å². The van der Waals surface area contributed by atoms with Gasteiger partial charge in [0.1, 0.15) is 0 Å². The first kappa shape index (κ1) is 15.2. The van der Waals surface area contributed by atoms with Gasteiger partial charge in [-0.15, -0.1) is 0 Å². The molecule has 22 heavy (non-hydrogen) atoms. The van der Waals surface area contributed by atoms with Gasteiger partial charge in [-0.3, -0.25) is 0 Å². The Balaban J connectivity index is 1.74. The van der Waals surface area contributed by atoms with Crippen molar-refractivity contribution in [1.29, 1.82) is 0 Å². The molecule has 3 saturated carbocycles. The summed E-state index contributed by atoms with van der Waals surface area (Å²) in [6.45, 7) is 4.98. The van der Waals surface area contributed by atoms with Crippen LogP contribution in [0.15, 0.2) is 11.1 Å². The fraction of sp³-hybridized carbons (Fsp3) is 0.900. The van der Waals surface area contributed by atoms with Crippen molar-refractivity contribution >= 4 is 0 Å². The van der Waals surface area contributed by atoms with Crippen molar-refractivity contribution in [2.45, 2.75) is 77.7 Å². The van der Waals surface area contributed by atoms with E-state index in [1.807, 2.05) is 0 Å². The van der Waals surface area contributed by atoms with E-state index in [4.69, 9.17) is 0 Å². The predicted molar refractivity (Wildman–Crippen MR) is 88.4 cm³/mol. The highest BCUT2D eigenvalue weighted by molar-refractivity contribution is 5.30. The summed E-state index contributed by atoms with van der Waals surface area (Å²) in [5.41, 5.74) is 3.39. The number of rotatable bonds is 1. The lowest BCUT2D eigenvalue weighted by molar-refractivity contribution is -0.0806. The molecule has 0 aromatic rings. The molecule has 0 heterocycles. The van der Waals surface area contributed by atoms with Crippen molar-refractivity contribution in [2.75, 3.05) is 6.61 Å². The summed E-state index contributed by atoms with van der Waals surface area (Å²) in [5, 5.41) is 20.8. The number of hydrogen-bond donors (Lipinski definition) is 2. The molecule has 6 atom stereocenters. The Hall–Kier alpha value is -0.340. The van der Waals surface area contributed by atoms with E-state index in [2.05, 4.69) is 13.8 Å². The Morgan fingerprint density at radius 1 is 1.14 bits per heavy atom. The van der Waals surface area contributed by atoms with Crippen LogP contribution in [-0.2, 0) is 0 Å². The molecule has 2 N–H and O–H groups in total. The molecule has 0 aliphatic heterocycles. The highest BCUT2D eigenvalue weighted by Crippen LogP contribution is 2.65. The largest absolute Gasteiger partial charge is 0.395 e. The van der Waals surface area contributed by atoms with E-state index in [9.17, 15) is 10.2 Å². The maximum atomic E-state index is 10.4. The van der Waals surface area contributed by atoms with E-state index in [0.29, 0.717) is 11.3 Å². The zero-order chi connectivity index (χ0) is 15.5. The lowest BCUT2D eigenvalue weighted by atomic mass is 9.46. The maximum absolute atomic E-state index is 10.4. The van der Waals surface area contributed by atoms with E-state index in [-0.39, 0.29) is 18.1 Å². The lowest BCUT2D eigenvalue weighted by Gasteiger charge is -2.59. The molecule has 4 rings (SSSR count). The molecule has 124 valence electrons. The van der Waals surface area contributed by atoms with Gasteiger partial charge in [0.15, 0.2) is 0 Å². The van der Waals surface area contributed by atoms with E-state index >= 15 is 0 Å². The monoisotopic (exact) mass is 304 g/mol. The van der Waals surface area contributed by atoms with Crippen LogP contribution in [0.4, 0.5) is 0 Å². The van der Waals surface area contributed by atoms with Gasteiger partial charge in [0, 0.05) is 5.41 Å². The predicted octanol–water partition coefficient (Wildman–Crippen LogP) is 4.06. The average Bonchev–Trinajstić information content (AvgIpc) is 2.88. The Morgan fingerprint density at radius 3 is 2.73 bits per heavy atom. The van der Waals surface area contributed by atoms with Crippen LogP contribution in [0.5, 0.6) is 0 Å². The Bertz CT molecular complexity index is 496.